The van der Waals surface area contributed by atoms with Crippen molar-refractivity contribution in [2.45, 2.75) is 13.3 Å². The molecule has 2 aromatic rings. The maximum atomic E-state index is 12.7. The van der Waals surface area contributed by atoms with Gasteiger partial charge in [0, 0.05) is 5.56 Å². The van der Waals surface area contributed by atoms with Crippen molar-refractivity contribution in [1.82, 2.24) is 0 Å². The lowest BCUT2D eigenvalue weighted by atomic mass is 10.0. The average molecular weight is 285 g/mol. The Kier molecular flexibility index (Phi) is 4.82. The molecule has 0 heterocycles. The zero-order chi connectivity index (χ0) is 15.2. The molecule has 0 fully saturated rings. The molecule has 21 heavy (non-hydrogen) atoms. The Morgan fingerprint density at radius 1 is 1.05 bits per heavy atom. The molecule has 0 radical (unpaired) electrons. The number of ketones is 1. The molecule has 0 aliphatic heterocycles. The summed E-state index contributed by atoms with van der Waals surface area (Å²) in [5.74, 6) is 0.900. The second-order valence-electron chi connectivity index (χ2n) is 4.60. The van der Waals surface area contributed by atoms with Gasteiger partial charge in [0.1, 0.15) is 11.5 Å². The number of nitrogen functional groups attached to an aromatic ring is 1. The van der Waals surface area contributed by atoms with Gasteiger partial charge in [0.15, 0.2) is 5.78 Å². The number of rotatable bonds is 6. The molecular weight excluding hydrogens is 266 g/mol. The van der Waals surface area contributed by atoms with Gasteiger partial charge >= 0.3 is 0 Å². The second-order valence-corrected chi connectivity index (χ2v) is 4.60. The first-order valence-corrected chi connectivity index (χ1v) is 6.88. The molecule has 0 amide bonds. The highest BCUT2D eigenvalue weighted by molar-refractivity contribution is 6.14. The van der Waals surface area contributed by atoms with Gasteiger partial charge in [0.05, 0.1) is 25.0 Å². The number of carbonyl (C=O) groups excluding carboxylic acids is 1. The highest BCUT2D eigenvalue weighted by atomic mass is 16.5. The van der Waals surface area contributed by atoms with Crippen LogP contribution in [0.2, 0.25) is 0 Å². The number of hydrogen-bond donors (Lipinski definition) is 1. The van der Waals surface area contributed by atoms with Crippen molar-refractivity contribution < 1.29 is 14.3 Å². The van der Waals surface area contributed by atoms with E-state index in [1.54, 1.807) is 30.3 Å². The summed E-state index contributed by atoms with van der Waals surface area (Å²) < 4.78 is 10.8. The monoisotopic (exact) mass is 285 g/mol. The third-order valence-electron chi connectivity index (χ3n) is 3.12. The molecule has 0 saturated heterocycles. The molecule has 0 aromatic heterocycles. The van der Waals surface area contributed by atoms with Crippen molar-refractivity contribution >= 4 is 11.5 Å². The van der Waals surface area contributed by atoms with Crippen molar-refractivity contribution in [3.05, 3.63) is 53.6 Å². The molecule has 110 valence electrons. The van der Waals surface area contributed by atoms with Crippen LogP contribution >= 0.6 is 0 Å². The number of nitrogens with two attached hydrogens (primary N) is 1. The van der Waals surface area contributed by atoms with Crippen LogP contribution in [0.15, 0.2) is 42.5 Å². The van der Waals surface area contributed by atoms with Gasteiger partial charge in [0.2, 0.25) is 0 Å². The van der Waals surface area contributed by atoms with Gasteiger partial charge in [-0.25, -0.2) is 0 Å². The van der Waals surface area contributed by atoms with E-state index < -0.39 is 0 Å². The molecule has 4 heteroatoms. The summed E-state index contributed by atoms with van der Waals surface area (Å²) in [6.07, 6.45) is 0.879. The van der Waals surface area contributed by atoms with Crippen LogP contribution in [0.25, 0.3) is 0 Å². The zero-order valence-corrected chi connectivity index (χ0v) is 12.3. The summed E-state index contributed by atoms with van der Waals surface area (Å²) >= 11 is 0. The summed E-state index contributed by atoms with van der Waals surface area (Å²) in [7, 11) is 1.53. The molecule has 0 aliphatic rings. The summed E-state index contributed by atoms with van der Waals surface area (Å²) in [5, 5.41) is 0. The van der Waals surface area contributed by atoms with Gasteiger partial charge in [-0.1, -0.05) is 25.1 Å². The highest BCUT2D eigenvalue weighted by Crippen LogP contribution is 2.29. The number of methoxy groups -OCH3 is 1. The quantitative estimate of drug-likeness (QED) is 0.653. The maximum absolute atomic E-state index is 12.7. The van der Waals surface area contributed by atoms with Crippen molar-refractivity contribution in [3.8, 4) is 11.5 Å². The van der Waals surface area contributed by atoms with E-state index in [-0.39, 0.29) is 5.78 Å². The van der Waals surface area contributed by atoms with E-state index in [2.05, 4.69) is 0 Å². The van der Waals surface area contributed by atoms with E-state index in [4.69, 9.17) is 15.2 Å². The van der Waals surface area contributed by atoms with Crippen LogP contribution in [0.4, 0.5) is 5.69 Å². The second kappa shape index (κ2) is 6.79. The number of anilines is 1. The van der Waals surface area contributed by atoms with Crippen LogP contribution in [-0.2, 0) is 0 Å². The van der Waals surface area contributed by atoms with E-state index in [1.165, 1.54) is 7.11 Å². The minimum atomic E-state index is -0.168. The minimum Gasteiger partial charge on any atom is -0.495 e. The lowest BCUT2D eigenvalue weighted by Gasteiger charge is -2.12. The van der Waals surface area contributed by atoms with E-state index in [0.717, 1.165) is 6.42 Å². The molecule has 0 unspecified atom stereocenters. The van der Waals surface area contributed by atoms with E-state index in [1.807, 2.05) is 19.1 Å². The van der Waals surface area contributed by atoms with Gasteiger partial charge < -0.3 is 15.2 Å². The van der Waals surface area contributed by atoms with Gasteiger partial charge in [0.25, 0.3) is 0 Å². The molecule has 0 atom stereocenters. The van der Waals surface area contributed by atoms with Gasteiger partial charge in [-0.15, -0.1) is 0 Å². The molecule has 2 rings (SSSR count). The minimum absolute atomic E-state index is 0.168. The molecule has 2 aromatic carbocycles. The molecule has 0 spiro atoms. The molecule has 4 nitrogen and oxygen atoms in total. The fraction of sp³-hybridized carbons (Fsp3) is 0.235. The Hall–Kier alpha value is -2.49. The van der Waals surface area contributed by atoms with Crippen LogP contribution in [0.1, 0.15) is 29.3 Å². The molecule has 2 N–H and O–H groups in total. The average Bonchev–Trinajstić information content (AvgIpc) is 2.53. The van der Waals surface area contributed by atoms with Crippen molar-refractivity contribution in [2.24, 2.45) is 0 Å². The largest absolute Gasteiger partial charge is 0.495 e. The first kappa shape index (κ1) is 14.9. The van der Waals surface area contributed by atoms with Crippen LogP contribution in [-0.4, -0.2) is 19.5 Å². The summed E-state index contributed by atoms with van der Waals surface area (Å²) in [4.78, 5) is 12.7. The van der Waals surface area contributed by atoms with Crippen molar-refractivity contribution in [1.29, 1.82) is 0 Å². The molecule has 0 saturated carbocycles. The van der Waals surface area contributed by atoms with Crippen LogP contribution in [0, 0.1) is 0 Å². The highest BCUT2D eigenvalue weighted by Gasteiger charge is 2.18. The van der Waals surface area contributed by atoms with Gasteiger partial charge in [-0.3, -0.25) is 4.79 Å². The molecule has 0 aliphatic carbocycles. The molecule has 0 bridgehead atoms. The Balaban J connectivity index is 2.41. The standard InChI is InChI=1S/C17H19NO3/c1-3-11-21-14-9-5-4-7-12(14)17(19)13-8-6-10-15(20-2)16(13)18/h4-10H,3,11,18H2,1-2H3. The first-order valence-electron chi connectivity index (χ1n) is 6.88. The number of para-hydroxylation sites is 2. The van der Waals surface area contributed by atoms with Crippen molar-refractivity contribution in [3.63, 3.8) is 0 Å². The predicted octanol–water partition coefficient (Wildman–Crippen LogP) is 3.30. The Morgan fingerprint density at radius 2 is 1.71 bits per heavy atom. The predicted molar refractivity (Wildman–Crippen MR) is 83.1 cm³/mol. The normalized spacial score (nSPS) is 10.2. The maximum Gasteiger partial charge on any atom is 0.198 e. The van der Waals surface area contributed by atoms with E-state index in [0.29, 0.717) is 34.9 Å². The van der Waals surface area contributed by atoms with E-state index in [9.17, 15) is 4.79 Å². The Labute approximate surface area is 124 Å². The summed E-state index contributed by atoms with van der Waals surface area (Å²) in [6, 6.07) is 12.4. The lowest BCUT2D eigenvalue weighted by molar-refractivity contribution is 0.103. The van der Waals surface area contributed by atoms with Gasteiger partial charge in [-0.05, 0) is 30.7 Å². The van der Waals surface area contributed by atoms with E-state index >= 15 is 0 Å². The molecular formula is C17H19NO3. The number of hydrogen-bond acceptors (Lipinski definition) is 4. The fourth-order valence-corrected chi connectivity index (χ4v) is 2.06. The lowest BCUT2D eigenvalue weighted by Crippen LogP contribution is -2.09. The smallest absolute Gasteiger partial charge is 0.198 e. The zero-order valence-electron chi connectivity index (χ0n) is 12.3. The third-order valence-corrected chi connectivity index (χ3v) is 3.12. The Bertz CT molecular complexity index is 638. The number of carbonyl (C=O) groups is 1. The topological polar surface area (TPSA) is 61.5 Å². The summed E-state index contributed by atoms with van der Waals surface area (Å²) in [6.45, 7) is 2.59. The SMILES string of the molecule is CCCOc1ccccc1C(=O)c1cccc(OC)c1N. The fourth-order valence-electron chi connectivity index (χ4n) is 2.06. The van der Waals surface area contributed by atoms with Gasteiger partial charge in [-0.2, -0.15) is 0 Å². The summed E-state index contributed by atoms with van der Waals surface area (Å²) in [5.41, 5.74) is 7.26. The third kappa shape index (κ3) is 3.16. The van der Waals surface area contributed by atoms with Crippen molar-refractivity contribution in [2.75, 3.05) is 19.5 Å². The van der Waals surface area contributed by atoms with Crippen LogP contribution < -0.4 is 15.2 Å². The van der Waals surface area contributed by atoms with Crippen LogP contribution in [0.3, 0.4) is 0 Å². The number of ether oxygens (including phenoxy) is 2. The van der Waals surface area contributed by atoms with Crippen LogP contribution in [0.5, 0.6) is 11.5 Å². The Morgan fingerprint density at radius 3 is 2.43 bits per heavy atom. The number of benzene rings is 2. The first-order chi connectivity index (χ1) is 10.2.